The topological polar surface area (TPSA) is 78.9 Å². The highest BCUT2D eigenvalue weighted by Gasteiger charge is 2.27. The smallest absolute Gasteiger partial charge is 0.317 e. The van der Waals surface area contributed by atoms with Gasteiger partial charge in [0.15, 0.2) is 0 Å². The van der Waals surface area contributed by atoms with Crippen molar-refractivity contribution >= 4 is 23.6 Å². The van der Waals surface area contributed by atoms with Gasteiger partial charge in [-0.15, -0.1) is 0 Å². The number of ether oxygens (including phenoxy) is 1. The van der Waals surface area contributed by atoms with Crippen LogP contribution in [0.25, 0.3) is 0 Å². The molecule has 23 heavy (non-hydrogen) atoms. The fourth-order valence-corrected chi connectivity index (χ4v) is 3.35. The summed E-state index contributed by atoms with van der Waals surface area (Å²) in [6, 6.07) is 3.52. The first kappa shape index (κ1) is 15.9. The molecular formula is C16H19ClN2O4. The van der Waals surface area contributed by atoms with E-state index in [1.807, 2.05) is 12.1 Å². The second kappa shape index (κ2) is 6.66. The molecular weight excluding hydrogens is 320 g/mol. The molecule has 0 aliphatic carbocycles. The number of piperidine rings is 1. The molecule has 2 N–H and O–H groups in total. The number of likely N-dealkylation sites (tertiary alicyclic amines) is 1. The molecule has 2 aliphatic heterocycles. The standard InChI is InChI=1S/C16H19ClN2O4/c17-13-7-11-3-6-23-14(11)12(8-13)9-18-16(22)19-4-1-10(2-5-19)15(20)21/h7-8,10H,1-6,9H2,(H,18,22)(H,20,21). The molecule has 0 spiro atoms. The lowest BCUT2D eigenvalue weighted by Gasteiger charge is -2.30. The summed E-state index contributed by atoms with van der Waals surface area (Å²) in [6.45, 7) is 1.92. The molecule has 1 saturated heterocycles. The molecule has 124 valence electrons. The summed E-state index contributed by atoms with van der Waals surface area (Å²) in [5, 5.41) is 12.5. The molecule has 7 heteroatoms. The number of amides is 2. The summed E-state index contributed by atoms with van der Waals surface area (Å²) in [7, 11) is 0. The number of hydrogen-bond donors (Lipinski definition) is 2. The van der Waals surface area contributed by atoms with E-state index in [4.69, 9.17) is 21.4 Å². The van der Waals surface area contributed by atoms with Gasteiger partial charge in [0.1, 0.15) is 5.75 Å². The summed E-state index contributed by atoms with van der Waals surface area (Å²) in [4.78, 5) is 24.8. The van der Waals surface area contributed by atoms with Crippen molar-refractivity contribution in [2.24, 2.45) is 5.92 Å². The molecule has 0 unspecified atom stereocenters. The number of halogens is 1. The number of fused-ring (bicyclic) bond motifs is 1. The molecule has 0 saturated carbocycles. The van der Waals surface area contributed by atoms with Crippen LogP contribution >= 0.6 is 11.6 Å². The van der Waals surface area contributed by atoms with E-state index in [1.165, 1.54) is 0 Å². The van der Waals surface area contributed by atoms with Crippen LogP contribution in [0.2, 0.25) is 5.02 Å². The Morgan fingerprint density at radius 2 is 2.09 bits per heavy atom. The van der Waals surface area contributed by atoms with Crippen LogP contribution in [0.15, 0.2) is 12.1 Å². The summed E-state index contributed by atoms with van der Waals surface area (Å²) in [5.74, 6) is -0.306. The number of carboxylic acids is 1. The number of urea groups is 1. The van der Waals surface area contributed by atoms with Gasteiger partial charge in [0.25, 0.3) is 0 Å². The van der Waals surface area contributed by atoms with Gasteiger partial charge in [-0.25, -0.2) is 4.79 Å². The molecule has 0 bridgehead atoms. The van der Waals surface area contributed by atoms with Crippen LogP contribution in [0.3, 0.4) is 0 Å². The monoisotopic (exact) mass is 338 g/mol. The van der Waals surface area contributed by atoms with E-state index >= 15 is 0 Å². The summed E-state index contributed by atoms with van der Waals surface area (Å²) >= 11 is 6.10. The number of carboxylic acid groups (broad SMARTS) is 1. The highest BCUT2D eigenvalue weighted by molar-refractivity contribution is 6.30. The first-order valence-electron chi connectivity index (χ1n) is 7.74. The molecule has 6 nitrogen and oxygen atoms in total. The summed E-state index contributed by atoms with van der Waals surface area (Å²) in [6.07, 6.45) is 1.83. The van der Waals surface area contributed by atoms with Crippen molar-refractivity contribution < 1.29 is 19.4 Å². The molecule has 3 rings (SSSR count). The minimum Gasteiger partial charge on any atom is -0.493 e. The molecule has 2 aliphatic rings. The lowest BCUT2D eigenvalue weighted by molar-refractivity contribution is -0.143. The van der Waals surface area contributed by atoms with Crippen LogP contribution in [0.1, 0.15) is 24.0 Å². The van der Waals surface area contributed by atoms with Gasteiger partial charge in [0.05, 0.1) is 12.5 Å². The minimum absolute atomic E-state index is 0.180. The summed E-state index contributed by atoms with van der Waals surface area (Å²) in [5.41, 5.74) is 1.95. The van der Waals surface area contributed by atoms with Gasteiger partial charge in [-0.3, -0.25) is 4.79 Å². The van der Waals surface area contributed by atoms with Crippen molar-refractivity contribution in [3.8, 4) is 5.75 Å². The Bertz CT molecular complexity index is 627. The number of benzene rings is 1. The lowest BCUT2D eigenvalue weighted by atomic mass is 9.97. The van der Waals surface area contributed by atoms with Crippen LogP contribution < -0.4 is 10.1 Å². The van der Waals surface area contributed by atoms with E-state index in [1.54, 1.807) is 4.90 Å². The van der Waals surface area contributed by atoms with Crippen molar-refractivity contribution in [2.45, 2.75) is 25.8 Å². The maximum atomic E-state index is 12.2. The van der Waals surface area contributed by atoms with Gasteiger partial charge in [-0.2, -0.15) is 0 Å². The van der Waals surface area contributed by atoms with Gasteiger partial charge in [-0.1, -0.05) is 11.6 Å². The van der Waals surface area contributed by atoms with Crippen molar-refractivity contribution in [1.82, 2.24) is 10.2 Å². The van der Waals surface area contributed by atoms with Crippen LogP contribution in [-0.2, 0) is 17.8 Å². The Hall–Kier alpha value is -1.95. The predicted octanol–water partition coefficient (Wildman–Crippen LogP) is 2.28. The van der Waals surface area contributed by atoms with Crippen LogP contribution in [0.4, 0.5) is 4.79 Å². The predicted molar refractivity (Wildman–Crippen MR) is 84.8 cm³/mol. The maximum Gasteiger partial charge on any atom is 0.317 e. The number of carbonyl (C=O) groups excluding carboxylic acids is 1. The first-order chi connectivity index (χ1) is 11.0. The number of nitrogens with one attached hydrogen (secondary N) is 1. The van der Waals surface area contributed by atoms with E-state index in [2.05, 4.69) is 5.32 Å². The zero-order valence-corrected chi connectivity index (χ0v) is 13.4. The molecule has 0 aromatic heterocycles. The van der Waals surface area contributed by atoms with Gasteiger partial charge in [0.2, 0.25) is 0 Å². The summed E-state index contributed by atoms with van der Waals surface area (Å²) < 4.78 is 5.61. The van der Waals surface area contributed by atoms with Crippen molar-refractivity contribution in [3.63, 3.8) is 0 Å². The Morgan fingerprint density at radius 1 is 1.35 bits per heavy atom. The highest BCUT2D eigenvalue weighted by Crippen LogP contribution is 2.32. The van der Waals surface area contributed by atoms with Crippen LogP contribution in [0, 0.1) is 5.92 Å². The molecule has 2 heterocycles. The second-order valence-electron chi connectivity index (χ2n) is 5.91. The average Bonchev–Trinajstić information content (AvgIpc) is 3.00. The van der Waals surface area contributed by atoms with E-state index in [9.17, 15) is 9.59 Å². The van der Waals surface area contributed by atoms with E-state index in [0.717, 1.165) is 23.3 Å². The Morgan fingerprint density at radius 3 is 2.78 bits per heavy atom. The first-order valence-corrected chi connectivity index (χ1v) is 8.12. The zero-order valence-electron chi connectivity index (χ0n) is 12.7. The Balaban J connectivity index is 1.57. The molecule has 1 fully saturated rings. The zero-order chi connectivity index (χ0) is 16.4. The number of nitrogens with zero attached hydrogens (tertiary/aromatic N) is 1. The quantitative estimate of drug-likeness (QED) is 0.886. The van der Waals surface area contributed by atoms with Gasteiger partial charge in [0, 0.05) is 36.6 Å². The fraction of sp³-hybridized carbons (Fsp3) is 0.500. The number of rotatable bonds is 3. The van der Waals surface area contributed by atoms with Gasteiger partial charge >= 0.3 is 12.0 Å². The third-order valence-corrected chi connectivity index (χ3v) is 4.61. The van der Waals surface area contributed by atoms with Gasteiger partial charge in [-0.05, 0) is 30.5 Å². The largest absolute Gasteiger partial charge is 0.493 e. The number of hydrogen-bond acceptors (Lipinski definition) is 3. The van der Waals surface area contributed by atoms with Gasteiger partial charge < -0.3 is 20.1 Å². The van der Waals surface area contributed by atoms with Crippen LogP contribution in [-0.4, -0.2) is 41.7 Å². The molecule has 1 aromatic rings. The lowest BCUT2D eigenvalue weighted by Crippen LogP contribution is -2.45. The van der Waals surface area contributed by atoms with Crippen molar-refractivity contribution in [2.75, 3.05) is 19.7 Å². The molecule has 0 atom stereocenters. The average molecular weight is 339 g/mol. The van der Waals surface area contributed by atoms with Crippen molar-refractivity contribution in [3.05, 3.63) is 28.3 Å². The molecule has 0 radical (unpaired) electrons. The maximum absolute atomic E-state index is 12.2. The second-order valence-corrected chi connectivity index (χ2v) is 6.35. The van der Waals surface area contributed by atoms with E-state index < -0.39 is 5.97 Å². The Labute approximate surface area is 139 Å². The van der Waals surface area contributed by atoms with Crippen LogP contribution in [0.5, 0.6) is 5.75 Å². The fourth-order valence-electron chi connectivity index (χ4n) is 3.09. The van der Waals surface area contributed by atoms with E-state index in [0.29, 0.717) is 44.1 Å². The van der Waals surface area contributed by atoms with E-state index in [-0.39, 0.29) is 11.9 Å². The SMILES string of the molecule is O=C(O)C1CCN(C(=O)NCc2cc(Cl)cc3c2OCC3)CC1. The molecule has 1 aromatic carbocycles. The number of aliphatic carboxylic acids is 1. The highest BCUT2D eigenvalue weighted by atomic mass is 35.5. The Kier molecular flexibility index (Phi) is 4.61. The normalized spacial score (nSPS) is 17.5. The van der Waals surface area contributed by atoms with Crippen molar-refractivity contribution in [1.29, 1.82) is 0 Å². The minimum atomic E-state index is -0.781. The number of carbonyl (C=O) groups is 2. The third-order valence-electron chi connectivity index (χ3n) is 4.39. The third kappa shape index (κ3) is 3.52. The molecule has 2 amide bonds.